The fourth-order valence-electron chi connectivity index (χ4n) is 4.18. The molecule has 0 bridgehead atoms. The molecule has 0 aliphatic carbocycles. The van der Waals surface area contributed by atoms with E-state index < -0.39 is 5.54 Å². The second kappa shape index (κ2) is 8.04. The van der Waals surface area contributed by atoms with Crippen LogP contribution in [-0.2, 0) is 5.54 Å². The van der Waals surface area contributed by atoms with Crippen molar-refractivity contribution in [1.82, 2.24) is 5.32 Å². The van der Waals surface area contributed by atoms with Gasteiger partial charge in [-0.2, -0.15) is 0 Å². The number of aliphatic imine (C=N–C) groups is 1. The molecule has 0 aromatic heterocycles. The van der Waals surface area contributed by atoms with Crippen LogP contribution in [0.15, 0.2) is 83.9 Å². The Hall–Kier alpha value is -2.98. The van der Waals surface area contributed by atoms with Gasteiger partial charge < -0.3 is 5.32 Å². The molecule has 0 unspecified atom stereocenters. The van der Waals surface area contributed by atoms with Crippen LogP contribution >= 0.6 is 12.2 Å². The minimum absolute atomic E-state index is 0.129. The SMILES string of the molecule is Cc1cccc(C)c1N1C(=S)C(c2ccccc2)(c2ccccc2)NC1=NC(C)C. The number of aryl methyl sites for hydroxylation is 2. The molecule has 1 fully saturated rings. The van der Waals surface area contributed by atoms with Gasteiger partial charge in [0.15, 0.2) is 0 Å². The number of guanidine groups is 1. The summed E-state index contributed by atoms with van der Waals surface area (Å²) in [5, 5.41) is 3.76. The van der Waals surface area contributed by atoms with Crippen LogP contribution in [0.3, 0.4) is 0 Å². The molecule has 152 valence electrons. The number of hydrogen-bond donors (Lipinski definition) is 1. The molecule has 0 spiro atoms. The maximum atomic E-state index is 6.25. The molecule has 0 amide bonds. The zero-order chi connectivity index (χ0) is 21.3. The first kappa shape index (κ1) is 20.3. The van der Waals surface area contributed by atoms with Crippen LogP contribution in [0, 0.1) is 13.8 Å². The van der Waals surface area contributed by atoms with Gasteiger partial charge in [0.25, 0.3) is 0 Å². The Labute approximate surface area is 184 Å². The predicted octanol–water partition coefficient (Wildman–Crippen LogP) is 5.75. The highest BCUT2D eigenvalue weighted by Gasteiger charge is 2.50. The van der Waals surface area contributed by atoms with Crippen LogP contribution in [0.25, 0.3) is 0 Å². The summed E-state index contributed by atoms with van der Waals surface area (Å²) in [6, 6.07) is 27.3. The Kier molecular flexibility index (Phi) is 5.44. The Bertz CT molecular complexity index is 1030. The lowest BCUT2D eigenvalue weighted by atomic mass is 9.83. The van der Waals surface area contributed by atoms with Gasteiger partial charge in [0.2, 0.25) is 5.96 Å². The number of nitrogens with one attached hydrogen (secondary N) is 1. The second-order valence-electron chi connectivity index (χ2n) is 8.03. The molecule has 4 heteroatoms. The first-order valence-electron chi connectivity index (χ1n) is 10.3. The summed E-state index contributed by atoms with van der Waals surface area (Å²) in [6.07, 6.45) is 0. The van der Waals surface area contributed by atoms with Crippen molar-refractivity contribution in [2.45, 2.75) is 39.3 Å². The highest BCUT2D eigenvalue weighted by atomic mass is 32.1. The predicted molar refractivity (Wildman–Crippen MR) is 130 cm³/mol. The van der Waals surface area contributed by atoms with Gasteiger partial charge in [-0.15, -0.1) is 0 Å². The molecule has 1 aliphatic heterocycles. The van der Waals surface area contributed by atoms with Crippen molar-refractivity contribution < 1.29 is 0 Å². The zero-order valence-corrected chi connectivity index (χ0v) is 18.7. The molecule has 4 rings (SSSR count). The molecule has 3 aromatic rings. The van der Waals surface area contributed by atoms with Crippen LogP contribution in [0.1, 0.15) is 36.1 Å². The van der Waals surface area contributed by atoms with Crippen molar-refractivity contribution in [3.05, 3.63) is 101 Å². The molecule has 30 heavy (non-hydrogen) atoms. The molecule has 0 saturated carbocycles. The van der Waals surface area contributed by atoms with Crippen molar-refractivity contribution in [3.63, 3.8) is 0 Å². The number of para-hydroxylation sites is 1. The fraction of sp³-hybridized carbons (Fsp3) is 0.231. The van der Waals surface area contributed by atoms with E-state index in [1.165, 1.54) is 11.1 Å². The minimum atomic E-state index is -0.666. The Morgan fingerprint density at radius 1 is 0.800 bits per heavy atom. The molecule has 1 heterocycles. The van der Waals surface area contributed by atoms with Crippen molar-refractivity contribution in [3.8, 4) is 0 Å². The monoisotopic (exact) mass is 413 g/mol. The molecule has 1 saturated heterocycles. The van der Waals surface area contributed by atoms with Crippen molar-refractivity contribution in [2.24, 2.45) is 4.99 Å². The summed E-state index contributed by atoms with van der Waals surface area (Å²) in [6.45, 7) is 8.43. The summed E-state index contributed by atoms with van der Waals surface area (Å²) in [5.74, 6) is 0.792. The molecule has 0 radical (unpaired) electrons. The van der Waals surface area contributed by atoms with Gasteiger partial charge in [-0.1, -0.05) is 91.1 Å². The smallest absolute Gasteiger partial charge is 0.205 e. The Balaban J connectivity index is 2.01. The van der Waals surface area contributed by atoms with E-state index in [1.807, 2.05) is 12.1 Å². The van der Waals surface area contributed by atoms with Crippen LogP contribution < -0.4 is 10.2 Å². The van der Waals surface area contributed by atoms with Crippen molar-refractivity contribution in [1.29, 1.82) is 0 Å². The average Bonchev–Trinajstić information content (AvgIpc) is 3.02. The number of rotatable bonds is 4. The molecule has 3 aromatic carbocycles. The summed E-state index contributed by atoms with van der Waals surface area (Å²) < 4.78 is 0. The van der Waals surface area contributed by atoms with Crippen LogP contribution in [0.2, 0.25) is 0 Å². The Morgan fingerprint density at radius 2 is 1.30 bits per heavy atom. The summed E-state index contributed by atoms with van der Waals surface area (Å²) in [4.78, 5) is 7.88. The van der Waals surface area contributed by atoms with Crippen LogP contribution in [-0.4, -0.2) is 17.0 Å². The topological polar surface area (TPSA) is 27.6 Å². The molecule has 0 atom stereocenters. The first-order valence-corrected chi connectivity index (χ1v) is 10.7. The molecular weight excluding hydrogens is 386 g/mol. The highest BCUT2D eigenvalue weighted by Crippen LogP contribution is 2.40. The first-order chi connectivity index (χ1) is 14.4. The van der Waals surface area contributed by atoms with E-state index in [-0.39, 0.29) is 6.04 Å². The normalized spacial score (nSPS) is 16.9. The van der Waals surface area contributed by atoms with Gasteiger partial charge in [0, 0.05) is 6.04 Å². The van der Waals surface area contributed by atoms with Gasteiger partial charge in [-0.25, -0.2) is 4.99 Å². The van der Waals surface area contributed by atoms with Gasteiger partial charge in [-0.3, -0.25) is 4.90 Å². The lowest BCUT2D eigenvalue weighted by Crippen LogP contribution is -2.44. The molecular formula is C26H27N3S. The molecule has 1 N–H and O–H groups in total. The van der Waals surface area contributed by atoms with Gasteiger partial charge in [0.1, 0.15) is 10.5 Å². The maximum absolute atomic E-state index is 6.25. The van der Waals surface area contributed by atoms with Gasteiger partial charge in [0.05, 0.1) is 5.69 Å². The third-order valence-electron chi connectivity index (χ3n) is 5.49. The van der Waals surface area contributed by atoms with Crippen LogP contribution in [0.4, 0.5) is 5.69 Å². The fourth-order valence-corrected chi connectivity index (χ4v) is 4.64. The van der Waals surface area contributed by atoms with Crippen LogP contribution in [0.5, 0.6) is 0 Å². The quantitative estimate of drug-likeness (QED) is 0.552. The summed E-state index contributed by atoms with van der Waals surface area (Å²) >= 11 is 6.25. The molecule has 1 aliphatic rings. The van der Waals surface area contributed by atoms with E-state index in [4.69, 9.17) is 17.2 Å². The van der Waals surface area contributed by atoms with Crippen molar-refractivity contribution in [2.75, 3.05) is 4.90 Å². The van der Waals surface area contributed by atoms with E-state index in [0.29, 0.717) is 0 Å². The number of thiocarbonyl (C=S) groups is 1. The minimum Gasteiger partial charge on any atom is -0.336 e. The third-order valence-corrected chi connectivity index (χ3v) is 5.98. The second-order valence-corrected chi connectivity index (χ2v) is 8.42. The third kappa shape index (κ3) is 3.31. The average molecular weight is 414 g/mol. The van der Waals surface area contributed by atoms with Gasteiger partial charge in [-0.05, 0) is 49.9 Å². The largest absolute Gasteiger partial charge is 0.336 e. The number of anilines is 1. The van der Waals surface area contributed by atoms with E-state index >= 15 is 0 Å². The number of nitrogens with zero attached hydrogens (tertiary/aromatic N) is 2. The van der Waals surface area contributed by atoms with Gasteiger partial charge >= 0.3 is 0 Å². The van der Waals surface area contributed by atoms with E-state index in [1.54, 1.807) is 0 Å². The lowest BCUT2D eigenvalue weighted by Gasteiger charge is -2.31. The summed E-state index contributed by atoms with van der Waals surface area (Å²) in [7, 11) is 0. The summed E-state index contributed by atoms with van der Waals surface area (Å²) in [5.41, 5.74) is 4.99. The van der Waals surface area contributed by atoms with Crippen molar-refractivity contribution >= 4 is 28.9 Å². The van der Waals surface area contributed by atoms with E-state index in [2.05, 4.69) is 105 Å². The molecule has 3 nitrogen and oxygen atoms in total. The van der Waals surface area contributed by atoms with E-state index in [9.17, 15) is 0 Å². The lowest BCUT2D eigenvalue weighted by molar-refractivity contribution is 0.663. The maximum Gasteiger partial charge on any atom is 0.205 e. The Morgan fingerprint density at radius 3 is 1.77 bits per heavy atom. The number of benzene rings is 3. The number of hydrogen-bond acceptors (Lipinski definition) is 2. The van der Waals surface area contributed by atoms with E-state index in [0.717, 1.165) is 27.8 Å². The zero-order valence-electron chi connectivity index (χ0n) is 17.9. The highest BCUT2D eigenvalue weighted by molar-refractivity contribution is 7.81. The standard InChI is InChI=1S/C26H27N3S/c1-18(2)27-25-28-26(21-14-7-5-8-15-21,22-16-9-6-10-17-22)24(30)29(25)23-19(3)12-11-13-20(23)4/h5-18H,1-4H3,(H,27,28).